The molecule has 3 fully saturated rings. The molecule has 0 spiro atoms. The molecular formula is C17H28N2O2. The highest BCUT2D eigenvalue weighted by atomic mass is 16.2. The van der Waals surface area contributed by atoms with Gasteiger partial charge in [0.05, 0.1) is 0 Å². The van der Waals surface area contributed by atoms with E-state index in [0.29, 0.717) is 17.9 Å². The first-order valence-electron chi connectivity index (χ1n) is 8.55. The maximum atomic E-state index is 13.1. The Bertz CT molecular complexity index is 458. The van der Waals surface area contributed by atoms with E-state index in [-0.39, 0.29) is 23.8 Å². The third kappa shape index (κ3) is 2.36. The molecule has 1 aliphatic heterocycles. The molecule has 4 unspecified atom stereocenters. The van der Waals surface area contributed by atoms with Gasteiger partial charge in [-0.1, -0.05) is 27.2 Å². The Hall–Kier alpha value is -1.06. The summed E-state index contributed by atoms with van der Waals surface area (Å²) in [5, 5.41) is 3.07. The Morgan fingerprint density at radius 1 is 1.33 bits per heavy atom. The predicted molar refractivity (Wildman–Crippen MR) is 81.5 cm³/mol. The molecule has 1 N–H and O–H groups in total. The lowest BCUT2D eigenvalue weighted by atomic mass is 9.86. The summed E-state index contributed by atoms with van der Waals surface area (Å²) in [6.45, 7) is 8.21. The van der Waals surface area contributed by atoms with Gasteiger partial charge < -0.3 is 10.2 Å². The molecule has 2 aliphatic carbocycles. The maximum absolute atomic E-state index is 13.1. The molecule has 0 aromatic carbocycles. The molecule has 0 radical (unpaired) electrons. The second-order valence-corrected chi connectivity index (χ2v) is 7.72. The number of rotatable bonds is 5. The zero-order chi connectivity index (χ0) is 15.4. The number of piperazine rings is 1. The van der Waals surface area contributed by atoms with Crippen LogP contribution in [0.5, 0.6) is 0 Å². The largest absolute Gasteiger partial charge is 0.340 e. The summed E-state index contributed by atoms with van der Waals surface area (Å²) in [6, 6.07) is 0.0187. The lowest BCUT2D eigenvalue weighted by Crippen LogP contribution is -2.71. The van der Waals surface area contributed by atoms with Gasteiger partial charge in [0, 0.05) is 6.04 Å². The first-order chi connectivity index (χ1) is 9.90. The quantitative estimate of drug-likeness (QED) is 0.845. The summed E-state index contributed by atoms with van der Waals surface area (Å²) in [4.78, 5) is 27.7. The van der Waals surface area contributed by atoms with Crippen LogP contribution in [-0.4, -0.2) is 34.3 Å². The number of hydrogen-bond acceptors (Lipinski definition) is 2. The Kier molecular flexibility index (Phi) is 3.53. The molecule has 0 bridgehead atoms. The van der Waals surface area contributed by atoms with E-state index in [1.807, 2.05) is 25.7 Å². The first kappa shape index (κ1) is 14.9. The molecule has 0 aromatic heterocycles. The van der Waals surface area contributed by atoms with Crippen LogP contribution in [0, 0.1) is 17.8 Å². The Labute approximate surface area is 127 Å². The zero-order valence-corrected chi connectivity index (χ0v) is 13.7. The Morgan fingerprint density at radius 2 is 2.00 bits per heavy atom. The van der Waals surface area contributed by atoms with Crippen LogP contribution in [0.3, 0.4) is 0 Å². The van der Waals surface area contributed by atoms with Crippen molar-refractivity contribution >= 4 is 11.8 Å². The van der Waals surface area contributed by atoms with Gasteiger partial charge in [0.25, 0.3) is 0 Å². The fourth-order valence-electron chi connectivity index (χ4n) is 4.08. The lowest BCUT2D eigenvalue weighted by Gasteiger charge is -2.46. The van der Waals surface area contributed by atoms with Crippen LogP contribution in [-0.2, 0) is 9.59 Å². The number of hydrogen-bond donors (Lipinski definition) is 1. The first-order valence-corrected chi connectivity index (χ1v) is 8.55. The van der Waals surface area contributed by atoms with Crippen LogP contribution in [0.25, 0.3) is 0 Å². The number of carbonyl (C=O) groups is 2. The maximum Gasteiger partial charge on any atom is 0.249 e. The van der Waals surface area contributed by atoms with Gasteiger partial charge in [-0.05, 0) is 50.4 Å². The molecule has 3 aliphatic rings. The SMILES string of the molecule is CCCC1CC1N1C(=O)C(C)(C2CC2)NC(=O)C1C(C)C. The summed E-state index contributed by atoms with van der Waals surface area (Å²) in [5.74, 6) is 1.34. The lowest BCUT2D eigenvalue weighted by molar-refractivity contribution is -0.158. The summed E-state index contributed by atoms with van der Waals surface area (Å²) in [7, 11) is 0. The molecule has 21 heavy (non-hydrogen) atoms. The average molecular weight is 292 g/mol. The van der Waals surface area contributed by atoms with E-state index < -0.39 is 5.54 Å². The van der Waals surface area contributed by atoms with Gasteiger partial charge in [0.15, 0.2) is 0 Å². The van der Waals surface area contributed by atoms with Gasteiger partial charge in [0.2, 0.25) is 11.8 Å². The van der Waals surface area contributed by atoms with Gasteiger partial charge in [0.1, 0.15) is 11.6 Å². The molecule has 4 nitrogen and oxygen atoms in total. The minimum Gasteiger partial charge on any atom is -0.340 e. The van der Waals surface area contributed by atoms with Crippen molar-refractivity contribution < 1.29 is 9.59 Å². The average Bonchev–Trinajstić information content (AvgIpc) is 3.25. The van der Waals surface area contributed by atoms with Crippen LogP contribution >= 0.6 is 0 Å². The van der Waals surface area contributed by atoms with E-state index in [0.717, 1.165) is 25.7 Å². The summed E-state index contributed by atoms with van der Waals surface area (Å²) < 4.78 is 0. The highest BCUT2D eigenvalue weighted by Crippen LogP contribution is 2.47. The third-order valence-electron chi connectivity index (χ3n) is 5.56. The van der Waals surface area contributed by atoms with Crippen LogP contribution in [0.2, 0.25) is 0 Å². The van der Waals surface area contributed by atoms with Gasteiger partial charge >= 0.3 is 0 Å². The standard InChI is InChI=1S/C17H28N2O2/c1-5-6-11-9-13(11)19-14(10(2)3)15(20)18-17(4,16(19)21)12-7-8-12/h10-14H,5-9H2,1-4H3,(H,18,20). The van der Waals surface area contributed by atoms with Crippen LogP contribution in [0.15, 0.2) is 0 Å². The molecule has 1 heterocycles. The van der Waals surface area contributed by atoms with Gasteiger partial charge in [-0.3, -0.25) is 9.59 Å². The fraction of sp³-hybridized carbons (Fsp3) is 0.882. The van der Waals surface area contributed by atoms with Crippen molar-refractivity contribution in [3.63, 3.8) is 0 Å². The normalized spacial score (nSPS) is 39.7. The molecule has 3 rings (SSSR count). The molecule has 0 aromatic rings. The van der Waals surface area contributed by atoms with Crippen molar-refractivity contribution in [3.8, 4) is 0 Å². The highest BCUT2D eigenvalue weighted by molar-refractivity contribution is 6.00. The number of carbonyl (C=O) groups excluding carboxylic acids is 2. The Balaban J connectivity index is 1.87. The smallest absolute Gasteiger partial charge is 0.249 e. The number of nitrogens with zero attached hydrogens (tertiary/aromatic N) is 1. The summed E-state index contributed by atoms with van der Waals surface area (Å²) in [5.41, 5.74) is -0.651. The molecule has 2 saturated carbocycles. The van der Waals surface area contributed by atoms with E-state index in [4.69, 9.17) is 0 Å². The Morgan fingerprint density at radius 3 is 2.52 bits per heavy atom. The zero-order valence-electron chi connectivity index (χ0n) is 13.7. The van der Waals surface area contributed by atoms with E-state index >= 15 is 0 Å². The summed E-state index contributed by atoms with van der Waals surface area (Å²) in [6.07, 6.45) is 5.52. The van der Waals surface area contributed by atoms with E-state index in [9.17, 15) is 9.59 Å². The molecule has 1 saturated heterocycles. The van der Waals surface area contributed by atoms with Crippen molar-refractivity contribution in [2.75, 3.05) is 0 Å². The highest BCUT2D eigenvalue weighted by Gasteiger charge is 2.60. The minimum atomic E-state index is -0.651. The van der Waals surface area contributed by atoms with Crippen molar-refractivity contribution in [1.82, 2.24) is 10.2 Å². The van der Waals surface area contributed by atoms with Crippen molar-refractivity contribution in [2.45, 2.75) is 77.4 Å². The van der Waals surface area contributed by atoms with Gasteiger partial charge in [-0.2, -0.15) is 0 Å². The molecule has 4 atom stereocenters. The van der Waals surface area contributed by atoms with Gasteiger partial charge in [-0.15, -0.1) is 0 Å². The monoisotopic (exact) mass is 292 g/mol. The van der Waals surface area contributed by atoms with E-state index in [2.05, 4.69) is 12.2 Å². The second kappa shape index (κ2) is 4.99. The van der Waals surface area contributed by atoms with Gasteiger partial charge in [-0.25, -0.2) is 0 Å². The van der Waals surface area contributed by atoms with E-state index in [1.165, 1.54) is 6.42 Å². The molecule has 2 amide bonds. The number of amides is 2. The fourth-order valence-corrected chi connectivity index (χ4v) is 4.08. The predicted octanol–water partition coefficient (Wildman–Crippen LogP) is 2.33. The summed E-state index contributed by atoms with van der Waals surface area (Å²) >= 11 is 0. The van der Waals surface area contributed by atoms with Crippen LogP contribution in [0.1, 0.15) is 59.8 Å². The topological polar surface area (TPSA) is 49.4 Å². The molecule has 118 valence electrons. The third-order valence-corrected chi connectivity index (χ3v) is 5.56. The van der Waals surface area contributed by atoms with E-state index in [1.54, 1.807) is 0 Å². The van der Waals surface area contributed by atoms with Crippen LogP contribution < -0.4 is 5.32 Å². The number of nitrogens with one attached hydrogen (secondary N) is 1. The molecular weight excluding hydrogens is 264 g/mol. The van der Waals surface area contributed by atoms with Crippen LogP contribution in [0.4, 0.5) is 0 Å². The molecule has 4 heteroatoms. The minimum absolute atomic E-state index is 0.0566. The van der Waals surface area contributed by atoms with Crippen molar-refractivity contribution in [1.29, 1.82) is 0 Å². The van der Waals surface area contributed by atoms with Crippen molar-refractivity contribution in [3.05, 3.63) is 0 Å². The van der Waals surface area contributed by atoms with Crippen molar-refractivity contribution in [2.24, 2.45) is 17.8 Å². The second-order valence-electron chi connectivity index (χ2n) is 7.72.